The summed E-state index contributed by atoms with van der Waals surface area (Å²) >= 11 is 0. The van der Waals surface area contributed by atoms with Crippen LogP contribution in [0.4, 0.5) is 0 Å². The van der Waals surface area contributed by atoms with Gasteiger partial charge < -0.3 is 11.5 Å². The molecule has 1 aromatic carbocycles. The van der Waals surface area contributed by atoms with Gasteiger partial charge in [0, 0.05) is 5.56 Å². The highest BCUT2D eigenvalue weighted by molar-refractivity contribution is 5.93. The predicted octanol–water partition coefficient (Wildman–Crippen LogP) is 0.244. The molecule has 1 rings (SSSR count). The van der Waals surface area contributed by atoms with Gasteiger partial charge in [0.15, 0.2) is 0 Å². The molecule has 0 saturated carbocycles. The van der Waals surface area contributed by atoms with Gasteiger partial charge in [-0.1, -0.05) is 12.1 Å². The number of ketones is 1. The molecule has 4 heteroatoms. The summed E-state index contributed by atoms with van der Waals surface area (Å²) in [5.41, 5.74) is 12.0. The topological polar surface area (TPSA) is 86.2 Å². The lowest BCUT2D eigenvalue weighted by Crippen LogP contribution is -2.30. The lowest BCUT2D eigenvalue weighted by Gasteiger charge is -2.08. The summed E-state index contributed by atoms with van der Waals surface area (Å²) in [6.07, 6.45) is 0.427. The molecule has 0 aliphatic rings. The predicted molar refractivity (Wildman–Crippen MR) is 57.3 cm³/mol. The quantitative estimate of drug-likeness (QED) is 0.740. The normalized spacial score (nSPS) is 12.1. The minimum absolute atomic E-state index is 0.0699. The zero-order chi connectivity index (χ0) is 11.4. The first-order valence-corrected chi connectivity index (χ1v) is 4.65. The van der Waals surface area contributed by atoms with Crippen molar-refractivity contribution in [1.29, 1.82) is 0 Å². The van der Waals surface area contributed by atoms with Gasteiger partial charge in [0.05, 0.1) is 6.04 Å². The zero-order valence-corrected chi connectivity index (χ0v) is 8.57. The Labute approximate surface area is 88.3 Å². The Bertz CT molecular complexity index is 388. The second kappa shape index (κ2) is 4.70. The standard InChI is InChI=1S/C11H14N2O2/c1-7(14)10(12)6-8-3-2-4-9(5-8)11(13)15/h2-5,10H,6,12H2,1H3,(H2,13,15)/t10-/m0/s1. The monoisotopic (exact) mass is 206 g/mol. The Hall–Kier alpha value is -1.68. The number of hydrogen-bond acceptors (Lipinski definition) is 3. The van der Waals surface area contributed by atoms with Gasteiger partial charge in [0.25, 0.3) is 0 Å². The number of primary amides is 1. The Kier molecular flexibility index (Phi) is 3.57. The molecule has 15 heavy (non-hydrogen) atoms. The van der Waals surface area contributed by atoms with Crippen LogP contribution in [0.1, 0.15) is 22.8 Å². The molecule has 0 aliphatic carbocycles. The summed E-state index contributed by atoms with van der Waals surface area (Å²) in [7, 11) is 0. The highest BCUT2D eigenvalue weighted by atomic mass is 16.1. The third kappa shape index (κ3) is 3.18. The summed E-state index contributed by atoms with van der Waals surface area (Å²) in [6.45, 7) is 1.45. The maximum absolute atomic E-state index is 11.0. The molecule has 4 N–H and O–H groups in total. The molecule has 0 fully saturated rings. The third-order valence-electron chi connectivity index (χ3n) is 2.19. The Balaban J connectivity index is 2.82. The highest BCUT2D eigenvalue weighted by Gasteiger charge is 2.09. The summed E-state index contributed by atoms with van der Waals surface area (Å²) in [4.78, 5) is 21.8. The fourth-order valence-electron chi connectivity index (χ4n) is 1.25. The molecule has 1 atom stereocenters. The maximum Gasteiger partial charge on any atom is 0.248 e. The smallest absolute Gasteiger partial charge is 0.248 e. The Morgan fingerprint density at radius 2 is 2.07 bits per heavy atom. The molecule has 1 aromatic rings. The molecule has 0 heterocycles. The van der Waals surface area contributed by atoms with E-state index in [9.17, 15) is 9.59 Å². The van der Waals surface area contributed by atoms with Gasteiger partial charge >= 0.3 is 0 Å². The van der Waals surface area contributed by atoms with Crippen LogP contribution in [0.25, 0.3) is 0 Å². The number of benzene rings is 1. The van der Waals surface area contributed by atoms with E-state index in [1.165, 1.54) is 6.92 Å². The van der Waals surface area contributed by atoms with Crippen molar-refractivity contribution in [3.8, 4) is 0 Å². The Morgan fingerprint density at radius 3 is 2.60 bits per heavy atom. The molecule has 4 nitrogen and oxygen atoms in total. The van der Waals surface area contributed by atoms with E-state index in [2.05, 4.69) is 0 Å². The summed E-state index contributed by atoms with van der Waals surface area (Å²) < 4.78 is 0. The molecule has 1 amide bonds. The number of carbonyl (C=O) groups excluding carboxylic acids is 2. The average molecular weight is 206 g/mol. The molecule has 80 valence electrons. The number of rotatable bonds is 4. The lowest BCUT2D eigenvalue weighted by molar-refractivity contribution is -0.118. The molecule has 0 radical (unpaired) electrons. The molecular weight excluding hydrogens is 192 g/mol. The first kappa shape index (κ1) is 11.4. The number of amides is 1. The lowest BCUT2D eigenvalue weighted by atomic mass is 10.0. The molecule has 0 saturated heterocycles. The first-order valence-electron chi connectivity index (χ1n) is 4.65. The van der Waals surface area contributed by atoms with E-state index in [0.717, 1.165) is 5.56 Å². The fourth-order valence-corrected chi connectivity index (χ4v) is 1.25. The van der Waals surface area contributed by atoms with E-state index in [1.807, 2.05) is 6.07 Å². The second-order valence-electron chi connectivity index (χ2n) is 3.49. The van der Waals surface area contributed by atoms with Crippen molar-refractivity contribution in [2.75, 3.05) is 0 Å². The van der Waals surface area contributed by atoms with Gasteiger partial charge in [-0.05, 0) is 31.0 Å². The van der Waals surface area contributed by atoms with Gasteiger partial charge in [-0.2, -0.15) is 0 Å². The van der Waals surface area contributed by atoms with E-state index in [-0.39, 0.29) is 5.78 Å². The van der Waals surface area contributed by atoms with Crippen LogP contribution in [0.5, 0.6) is 0 Å². The SMILES string of the molecule is CC(=O)[C@@H](N)Cc1cccc(C(N)=O)c1. The molecule has 0 aliphatic heterocycles. The number of Topliss-reactive ketones (excluding diaryl/α,β-unsaturated/α-hetero) is 1. The van der Waals surface area contributed by atoms with Gasteiger partial charge in [-0.15, -0.1) is 0 Å². The molecule has 0 aromatic heterocycles. The van der Waals surface area contributed by atoms with Crippen LogP contribution < -0.4 is 11.5 Å². The van der Waals surface area contributed by atoms with Crippen molar-refractivity contribution in [2.45, 2.75) is 19.4 Å². The number of nitrogens with two attached hydrogens (primary N) is 2. The molecule has 0 spiro atoms. The van der Waals surface area contributed by atoms with E-state index >= 15 is 0 Å². The van der Waals surface area contributed by atoms with Crippen molar-refractivity contribution in [2.24, 2.45) is 11.5 Å². The third-order valence-corrected chi connectivity index (χ3v) is 2.19. The van der Waals surface area contributed by atoms with Gasteiger partial charge in [0.2, 0.25) is 5.91 Å². The van der Waals surface area contributed by atoms with Crippen LogP contribution >= 0.6 is 0 Å². The van der Waals surface area contributed by atoms with Crippen molar-refractivity contribution in [3.05, 3.63) is 35.4 Å². The van der Waals surface area contributed by atoms with E-state index < -0.39 is 11.9 Å². The maximum atomic E-state index is 11.0. The fraction of sp³-hybridized carbons (Fsp3) is 0.273. The van der Waals surface area contributed by atoms with Crippen molar-refractivity contribution >= 4 is 11.7 Å². The van der Waals surface area contributed by atoms with Crippen LogP contribution in [-0.4, -0.2) is 17.7 Å². The van der Waals surface area contributed by atoms with Crippen LogP contribution in [0.15, 0.2) is 24.3 Å². The van der Waals surface area contributed by atoms with Crippen LogP contribution in [0.2, 0.25) is 0 Å². The molecular formula is C11H14N2O2. The van der Waals surface area contributed by atoms with Gasteiger partial charge in [0.1, 0.15) is 5.78 Å². The minimum atomic E-state index is -0.520. The summed E-state index contributed by atoms with van der Waals surface area (Å²) in [5.74, 6) is -0.548. The minimum Gasteiger partial charge on any atom is -0.366 e. The molecule has 0 bridgehead atoms. The van der Waals surface area contributed by atoms with E-state index in [1.54, 1.807) is 18.2 Å². The van der Waals surface area contributed by atoms with Gasteiger partial charge in [-0.3, -0.25) is 9.59 Å². The summed E-state index contributed by atoms with van der Waals surface area (Å²) in [5, 5.41) is 0. The summed E-state index contributed by atoms with van der Waals surface area (Å²) in [6, 6.07) is 6.31. The molecule has 0 unspecified atom stereocenters. The van der Waals surface area contributed by atoms with Crippen molar-refractivity contribution < 1.29 is 9.59 Å². The first-order chi connectivity index (χ1) is 7.00. The highest BCUT2D eigenvalue weighted by Crippen LogP contribution is 2.07. The van der Waals surface area contributed by atoms with E-state index in [4.69, 9.17) is 11.5 Å². The second-order valence-corrected chi connectivity index (χ2v) is 3.49. The van der Waals surface area contributed by atoms with Gasteiger partial charge in [-0.25, -0.2) is 0 Å². The van der Waals surface area contributed by atoms with Crippen LogP contribution in [0, 0.1) is 0 Å². The number of carbonyl (C=O) groups is 2. The van der Waals surface area contributed by atoms with Crippen LogP contribution in [0.3, 0.4) is 0 Å². The zero-order valence-electron chi connectivity index (χ0n) is 8.57. The van der Waals surface area contributed by atoms with Crippen molar-refractivity contribution in [1.82, 2.24) is 0 Å². The largest absolute Gasteiger partial charge is 0.366 e. The van der Waals surface area contributed by atoms with E-state index in [0.29, 0.717) is 12.0 Å². The van der Waals surface area contributed by atoms with Crippen molar-refractivity contribution in [3.63, 3.8) is 0 Å². The van der Waals surface area contributed by atoms with Crippen LogP contribution in [-0.2, 0) is 11.2 Å². The Morgan fingerprint density at radius 1 is 1.40 bits per heavy atom. The number of hydrogen-bond donors (Lipinski definition) is 2. The average Bonchev–Trinajstić information content (AvgIpc) is 2.18.